The van der Waals surface area contributed by atoms with Crippen molar-refractivity contribution in [3.8, 4) is 0 Å². The zero-order valence-electron chi connectivity index (χ0n) is 18.9. The van der Waals surface area contributed by atoms with Crippen LogP contribution in [0.25, 0.3) is 0 Å². The number of rotatable bonds is 7. The number of hydrogen-bond donors (Lipinski definition) is 2. The van der Waals surface area contributed by atoms with Gasteiger partial charge < -0.3 is 10.6 Å². The van der Waals surface area contributed by atoms with Gasteiger partial charge in [0.15, 0.2) is 0 Å². The van der Waals surface area contributed by atoms with Crippen molar-refractivity contribution in [1.29, 1.82) is 0 Å². The average molecular weight is 363 g/mol. The van der Waals surface area contributed by atoms with Gasteiger partial charge in [-0.3, -0.25) is 0 Å². The van der Waals surface area contributed by atoms with Crippen LogP contribution in [0.2, 0.25) is 0 Å². The van der Waals surface area contributed by atoms with Gasteiger partial charge >= 0.3 is 0 Å². The first-order valence-corrected chi connectivity index (χ1v) is 11.3. The molecule has 1 aliphatic heterocycles. The van der Waals surface area contributed by atoms with Gasteiger partial charge in [0.05, 0.1) is 0 Å². The molecule has 0 saturated carbocycles. The summed E-state index contributed by atoms with van der Waals surface area (Å²) in [5, 5.41) is 7.83. The Bertz CT molecular complexity index is 459. The lowest BCUT2D eigenvalue weighted by Crippen LogP contribution is -2.62. The molecule has 1 fully saturated rings. The highest BCUT2D eigenvalue weighted by Gasteiger charge is 2.38. The third kappa shape index (κ3) is 6.37. The van der Waals surface area contributed by atoms with Crippen LogP contribution in [0.4, 0.5) is 0 Å². The van der Waals surface area contributed by atoms with Crippen molar-refractivity contribution in [2.75, 3.05) is 0 Å². The summed E-state index contributed by atoms with van der Waals surface area (Å²) in [6.07, 6.45) is 11.6. The van der Waals surface area contributed by atoms with E-state index in [1.807, 2.05) is 0 Å². The van der Waals surface area contributed by atoms with Crippen molar-refractivity contribution in [2.45, 2.75) is 123 Å². The van der Waals surface area contributed by atoms with Gasteiger partial charge in [-0.05, 0) is 84.0 Å². The topological polar surface area (TPSA) is 24.1 Å². The molecule has 0 radical (unpaired) electrons. The molecule has 1 aliphatic carbocycles. The highest BCUT2D eigenvalue weighted by atomic mass is 15.1. The van der Waals surface area contributed by atoms with Crippen LogP contribution < -0.4 is 10.6 Å². The van der Waals surface area contributed by atoms with Crippen molar-refractivity contribution in [1.82, 2.24) is 10.6 Å². The Kier molecular flexibility index (Phi) is 7.41. The van der Waals surface area contributed by atoms with Crippen LogP contribution in [0.15, 0.2) is 11.6 Å². The van der Waals surface area contributed by atoms with Crippen LogP contribution in [0.3, 0.4) is 0 Å². The highest BCUT2D eigenvalue weighted by Crippen LogP contribution is 2.36. The van der Waals surface area contributed by atoms with E-state index < -0.39 is 0 Å². The molecule has 3 atom stereocenters. The molecule has 0 aromatic carbocycles. The molecule has 0 spiro atoms. The summed E-state index contributed by atoms with van der Waals surface area (Å²) in [4.78, 5) is 0. The Morgan fingerprint density at radius 3 is 2.15 bits per heavy atom. The molecule has 2 aliphatic rings. The molecule has 1 heterocycles. The summed E-state index contributed by atoms with van der Waals surface area (Å²) in [6.45, 7) is 19.0. The van der Waals surface area contributed by atoms with Crippen LogP contribution in [0.1, 0.15) is 100 Å². The summed E-state index contributed by atoms with van der Waals surface area (Å²) in [7, 11) is 0. The van der Waals surface area contributed by atoms with Gasteiger partial charge in [-0.15, -0.1) is 0 Å². The molecule has 26 heavy (non-hydrogen) atoms. The fraction of sp³-hybridized carbons (Fsp3) is 0.917. The number of hydrogen-bond acceptors (Lipinski definition) is 2. The van der Waals surface area contributed by atoms with Gasteiger partial charge in [0, 0.05) is 23.2 Å². The van der Waals surface area contributed by atoms with Crippen LogP contribution >= 0.6 is 0 Å². The molecule has 0 bridgehead atoms. The summed E-state index contributed by atoms with van der Waals surface area (Å²) >= 11 is 0. The molecule has 152 valence electrons. The second kappa shape index (κ2) is 8.78. The number of allylic oxidation sites excluding steroid dienone is 1. The molecule has 0 aromatic rings. The van der Waals surface area contributed by atoms with Crippen LogP contribution in [0.5, 0.6) is 0 Å². The molecule has 0 aromatic heterocycles. The Morgan fingerprint density at radius 2 is 1.69 bits per heavy atom. The monoisotopic (exact) mass is 362 g/mol. The second-order valence-electron chi connectivity index (χ2n) is 11.0. The first-order chi connectivity index (χ1) is 12.0. The van der Waals surface area contributed by atoms with Crippen molar-refractivity contribution < 1.29 is 0 Å². The maximum absolute atomic E-state index is 4.03. The van der Waals surface area contributed by atoms with E-state index in [2.05, 4.69) is 72.1 Å². The van der Waals surface area contributed by atoms with Crippen molar-refractivity contribution in [3.05, 3.63) is 11.6 Å². The molecular formula is C24H46N2. The molecule has 0 amide bonds. The lowest BCUT2D eigenvalue weighted by molar-refractivity contribution is 0.138. The van der Waals surface area contributed by atoms with Gasteiger partial charge in [-0.2, -0.15) is 0 Å². The predicted octanol–water partition coefficient (Wildman–Crippen LogP) is 6.07. The van der Waals surface area contributed by atoms with Crippen LogP contribution in [-0.2, 0) is 0 Å². The summed E-state index contributed by atoms with van der Waals surface area (Å²) in [5.41, 5.74) is 2.22. The molecule has 2 N–H and O–H groups in total. The van der Waals surface area contributed by atoms with E-state index in [0.29, 0.717) is 12.1 Å². The minimum absolute atomic E-state index is 0.230. The minimum atomic E-state index is 0.230. The summed E-state index contributed by atoms with van der Waals surface area (Å²) < 4.78 is 0. The summed E-state index contributed by atoms with van der Waals surface area (Å²) in [5.74, 6) is 2.42. The van der Waals surface area contributed by atoms with Crippen LogP contribution in [-0.4, -0.2) is 23.2 Å². The van der Waals surface area contributed by atoms with Crippen LogP contribution in [0, 0.1) is 17.8 Å². The Balaban J connectivity index is 1.95. The van der Waals surface area contributed by atoms with Gasteiger partial charge in [0.25, 0.3) is 0 Å². The quantitative estimate of drug-likeness (QED) is 0.537. The Hall–Kier alpha value is -0.340. The molecule has 1 unspecified atom stereocenters. The highest BCUT2D eigenvalue weighted by molar-refractivity contribution is 5.13. The summed E-state index contributed by atoms with van der Waals surface area (Å²) in [6, 6.07) is 1.31. The zero-order valence-corrected chi connectivity index (χ0v) is 18.9. The maximum atomic E-state index is 4.03. The largest absolute Gasteiger partial charge is 0.311 e. The van der Waals surface area contributed by atoms with E-state index >= 15 is 0 Å². The first-order valence-electron chi connectivity index (χ1n) is 11.3. The number of nitrogens with one attached hydrogen (secondary N) is 2. The predicted molar refractivity (Wildman–Crippen MR) is 116 cm³/mol. The zero-order chi connectivity index (χ0) is 19.5. The maximum Gasteiger partial charge on any atom is 0.0144 e. The standard InChI is InChI=1S/C24H46N2/c1-9-18(4)22(14-17(2)3)19-10-12-20(13-11-19)25-21-15-23(5,6)26-24(7,8)16-21/h10,17-18,20-22,25-26H,9,11-16H2,1-8H3/t18-,20-,22?/m0/s1. The van der Waals surface area contributed by atoms with Crippen molar-refractivity contribution in [3.63, 3.8) is 0 Å². The van der Waals surface area contributed by atoms with Crippen molar-refractivity contribution >= 4 is 0 Å². The first kappa shape index (κ1) is 22.0. The molecule has 2 heteroatoms. The third-order valence-corrected chi connectivity index (χ3v) is 6.64. The lowest BCUT2D eigenvalue weighted by Gasteiger charge is -2.47. The Labute approximate surface area is 164 Å². The molecule has 1 saturated heterocycles. The van der Waals surface area contributed by atoms with Gasteiger partial charge in [0.1, 0.15) is 0 Å². The van der Waals surface area contributed by atoms with E-state index in [0.717, 1.165) is 17.8 Å². The SMILES string of the molecule is CC[C@H](C)C(CC(C)C)C1=CC[C@H](NC2CC(C)(C)NC(C)(C)C2)CC1. The molecular weight excluding hydrogens is 316 g/mol. The van der Waals surface area contributed by atoms with Gasteiger partial charge in [-0.25, -0.2) is 0 Å². The van der Waals surface area contributed by atoms with Crippen molar-refractivity contribution in [2.24, 2.45) is 17.8 Å². The van der Waals surface area contributed by atoms with E-state index in [1.165, 1.54) is 44.9 Å². The molecule has 2 rings (SSSR count). The van der Waals surface area contributed by atoms with E-state index in [1.54, 1.807) is 5.57 Å². The second-order valence-corrected chi connectivity index (χ2v) is 11.0. The smallest absolute Gasteiger partial charge is 0.0144 e. The van der Waals surface area contributed by atoms with Gasteiger partial charge in [0.2, 0.25) is 0 Å². The Morgan fingerprint density at radius 1 is 1.08 bits per heavy atom. The fourth-order valence-electron chi connectivity index (χ4n) is 5.66. The van der Waals surface area contributed by atoms with E-state index in [4.69, 9.17) is 0 Å². The van der Waals surface area contributed by atoms with E-state index in [-0.39, 0.29) is 11.1 Å². The minimum Gasteiger partial charge on any atom is -0.311 e. The van der Waals surface area contributed by atoms with Gasteiger partial charge in [-0.1, -0.05) is 45.8 Å². The fourth-order valence-corrected chi connectivity index (χ4v) is 5.66. The average Bonchev–Trinajstić information content (AvgIpc) is 2.49. The molecule has 2 nitrogen and oxygen atoms in total. The lowest BCUT2D eigenvalue weighted by atomic mass is 9.75. The normalized spacial score (nSPS) is 28.7. The van der Waals surface area contributed by atoms with E-state index in [9.17, 15) is 0 Å². The number of piperidine rings is 1. The third-order valence-electron chi connectivity index (χ3n) is 6.64.